The van der Waals surface area contributed by atoms with Crippen molar-refractivity contribution >= 4 is 47.3 Å². The van der Waals surface area contributed by atoms with Crippen molar-refractivity contribution in [2.75, 3.05) is 23.8 Å². The topological polar surface area (TPSA) is 182 Å². The highest BCUT2D eigenvalue weighted by Crippen LogP contribution is 2.38. The number of rotatable bonds is 18. The van der Waals surface area contributed by atoms with Gasteiger partial charge in [0, 0.05) is 32.5 Å². The number of aromatic nitrogens is 4. The lowest BCUT2D eigenvalue weighted by Crippen LogP contribution is -2.22. The van der Waals surface area contributed by atoms with Crippen LogP contribution < -0.4 is 20.5 Å². The number of nitrogens with zero attached hydrogens (tertiary/aromatic N) is 4. The number of nitrogens with one attached hydrogen (secondary N) is 2. The number of halogens is 3. The van der Waals surface area contributed by atoms with Crippen LogP contribution in [0.2, 0.25) is 25.7 Å². The number of nitrogens with two attached hydrogens (primary N) is 1. The third-order valence-electron chi connectivity index (χ3n) is 8.40. The fourth-order valence-corrected chi connectivity index (χ4v) is 6.70. The second-order valence-electron chi connectivity index (χ2n) is 13.9. The molecule has 1 amide bonds. The zero-order valence-electron chi connectivity index (χ0n) is 31.3. The van der Waals surface area contributed by atoms with E-state index in [0.717, 1.165) is 11.6 Å². The van der Waals surface area contributed by atoms with Gasteiger partial charge in [-0.05, 0) is 60.5 Å². The minimum Gasteiger partial charge on any atom is -0.484 e. The number of benzene rings is 3. The number of amides is 1. The van der Waals surface area contributed by atoms with Gasteiger partial charge in [0.2, 0.25) is 0 Å². The van der Waals surface area contributed by atoms with Gasteiger partial charge in [0.25, 0.3) is 15.9 Å². The molecular weight excluding hydrogens is 772 g/mol. The van der Waals surface area contributed by atoms with Gasteiger partial charge in [-0.15, -0.1) is 0 Å². The number of carbonyl (C=O) groups excluding carboxylic acids is 2. The molecule has 56 heavy (non-hydrogen) atoms. The lowest BCUT2D eigenvalue weighted by molar-refractivity contribution is 0.0600. The van der Waals surface area contributed by atoms with Crippen LogP contribution in [0.5, 0.6) is 5.75 Å². The Balaban J connectivity index is 1.53. The summed E-state index contributed by atoms with van der Waals surface area (Å²) in [5.74, 6) is -5.30. The normalized spacial score (nSPS) is 12.4. The SMILES string of the molecule is COC(=O)c1ccc(Cn2ccc(Nc3c(C(N)=O)c(-c4ccc(NS(=O)(=O)C(F)F)c(O[C@@H](C)c5ccc(F)cc5)c4)nn3COCC[Si](C)(C)C)n2)cc1. The molecule has 2 heterocycles. The number of primary amides is 1. The predicted octanol–water partition coefficient (Wildman–Crippen LogP) is 6.98. The highest BCUT2D eigenvalue weighted by Gasteiger charge is 2.28. The summed E-state index contributed by atoms with van der Waals surface area (Å²) >= 11 is 0. The number of sulfonamides is 1. The molecule has 0 spiro atoms. The number of carbonyl (C=O) groups is 2. The van der Waals surface area contributed by atoms with E-state index < -0.39 is 47.7 Å². The Morgan fingerprint density at radius 3 is 2.30 bits per heavy atom. The molecule has 3 aromatic carbocycles. The van der Waals surface area contributed by atoms with E-state index in [1.165, 1.54) is 54.3 Å². The van der Waals surface area contributed by atoms with Crippen molar-refractivity contribution in [1.82, 2.24) is 19.6 Å². The van der Waals surface area contributed by atoms with Crippen LogP contribution >= 0.6 is 0 Å². The first-order valence-electron chi connectivity index (χ1n) is 17.3. The Morgan fingerprint density at radius 2 is 1.68 bits per heavy atom. The smallest absolute Gasteiger partial charge is 0.355 e. The van der Waals surface area contributed by atoms with Crippen molar-refractivity contribution in [2.24, 2.45) is 5.73 Å². The molecule has 5 aromatic rings. The molecule has 298 valence electrons. The molecule has 14 nitrogen and oxygen atoms in total. The molecule has 0 unspecified atom stereocenters. The van der Waals surface area contributed by atoms with Crippen LogP contribution in [0, 0.1) is 5.82 Å². The fourth-order valence-electron chi connectivity index (χ4n) is 5.38. The van der Waals surface area contributed by atoms with Gasteiger partial charge in [-0.1, -0.05) is 50.0 Å². The number of hydrogen-bond donors (Lipinski definition) is 3. The molecule has 0 aliphatic heterocycles. The standard InChI is InChI=1S/C37H42F3N7O7SSi/c1-23(25-10-13-28(38)14-11-25)54-30-20-27(12-15-29(30)45-55(50,51)37(39)40)33-32(34(41)48)35(47(44-33)22-53-18-19-56(3,4)5)42-31-16-17-46(43-31)21-24-6-8-26(9-7-24)36(49)52-2/h6-17,20,23,37,45H,18-19,21-22H2,1-5H3,(H2,41,48)(H,42,43)/t23-/m0/s1. The van der Waals surface area contributed by atoms with E-state index in [9.17, 15) is 31.2 Å². The summed E-state index contributed by atoms with van der Waals surface area (Å²) in [5, 5.41) is 12.4. The first-order valence-corrected chi connectivity index (χ1v) is 22.5. The van der Waals surface area contributed by atoms with Crippen LogP contribution in [0.4, 0.5) is 30.5 Å². The van der Waals surface area contributed by atoms with Gasteiger partial charge < -0.3 is 25.3 Å². The second kappa shape index (κ2) is 17.4. The summed E-state index contributed by atoms with van der Waals surface area (Å²) in [6.45, 7) is 8.86. The maximum absolute atomic E-state index is 13.6. The minimum absolute atomic E-state index is 0.0430. The third-order valence-corrected chi connectivity index (χ3v) is 11.1. The molecule has 0 fully saturated rings. The van der Waals surface area contributed by atoms with Crippen molar-refractivity contribution in [3.8, 4) is 17.0 Å². The highest BCUT2D eigenvalue weighted by atomic mass is 32.2. The van der Waals surface area contributed by atoms with Crippen LogP contribution in [0.3, 0.4) is 0 Å². The maximum Gasteiger partial charge on any atom is 0.355 e. The van der Waals surface area contributed by atoms with Crippen LogP contribution in [0.25, 0.3) is 11.3 Å². The summed E-state index contributed by atoms with van der Waals surface area (Å²) in [5.41, 5.74) is 7.58. The van der Waals surface area contributed by atoms with E-state index in [4.69, 9.17) is 19.9 Å². The van der Waals surface area contributed by atoms with Crippen molar-refractivity contribution in [1.29, 1.82) is 0 Å². The lowest BCUT2D eigenvalue weighted by atomic mass is 10.1. The molecule has 4 N–H and O–H groups in total. The van der Waals surface area contributed by atoms with Gasteiger partial charge in [0.15, 0.2) is 5.82 Å². The van der Waals surface area contributed by atoms with Gasteiger partial charge in [-0.25, -0.2) is 22.3 Å². The first-order chi connectivity index (χ1) is 26.4. The molecule has 0 saturated carbocycles. The predicted molar refractivity (Wildman–Crippen MR) is 207 cm³/mol. The van der Waals surface area contributed by atoms with Gasteiger partial charge in [0.05, 0.1) is 24.9 Å². The molecule has 19 heteroatoms. The van der Waals surface area contributed by atoms with E-state index >= 15 is 0 Å². The Morgan fingerprint density at radius 1 is 0.982 bits per heavy atom. The zero-order chi connectivity index (χ0) is 40.8. The van der Waals surface area contributed by atoms with Crippen LogP contribution in [0.15, 0.2) is 79.0 Å². The van der Waals surface area contributed by atoms with Crippen molar-refractivity contribution in [2.45, 2.75) is 57.7 Å². The maximum atomic E-state index is 13.6. The number of esters is 1. The molecule has 0 radical (unpaired) electrons. The second-order valence-corrected chi connectivity index (χ2v) is 21.2. The molecule has 0 aliphatic rings. The quantitative estimate of drug-likeness (QED) is 0.0474. The number of anilines is 3. The first kappa shape index (κ1) is 41.5. The number of ether oxygens (including phenoxy) is 3. The van der Waals surface area contributed by atoms with Crippen molar-refractivity contribution < 1.29 is 45.4 Å². The Kier molecular flexibility index (Phi) is 12.9. The van der Waals surface area contributed by atoms with Gasteiger partial charge in [0.1, 0.15) is 41.5 Å². The molecule has 1 atom stereocenters. The summed E-state index contributed by atoms with van der Waals surface area (Å²) in [6, 6.07) is 18.6. The average molecular weight is 814 g/mol. The number of alkyl halides is 2. The molecule has 0 saturated heterocycles. The van der Waals surface area contributed by atoms with E-state index in [-0.39, 0.29) is 40.8 Å². The number of methoxy groups -OCH3 is 1. The fraction of sp³-hybridized carbons (Fsp3) is 0.297. The summed E-state index contributed by atoms with van der Waals surface area (Å²) in [7, 11) is -5.29. The van der Waals surface area contributed by atoms with Gasteiger partial charge in [-0.3, -0.25) is 14.2 Å². The van der Waals surface area contributed by atoms with Crippen LogP contribution in [0.1, 0.15) is 44.9 Å². The Hall–Kier alpha value is -5.66. The molecule has 0 bridgehead atoms. The van der Waals surface area contributed by atoms with Gasteiger partial charge >= 0.3 is 11.7 Å². The number of hydrogen-bond acceptors (Lipinski definition) is 10. The van der Waals surface area contributed by atoms with E-state index in [1.54, 1.807) is 48.1 Å². The summed E-state index contributed by atoms with van der Waals surface area (Å²) in [6.07, 6.45) is 0.893. The largest absolute Gasteiger partial charge is 0.484 e. The van der Waals surface area contributed by atoms with E-state index in [2.05, 4.69) is 35.2 Å². The molecule has 5 rings (SSSR count). The van der Waals surface area contributed by atoms with Crippen molar-refractivity contribution in [3.05, 3.63) is 107 Å². The third kappa shape index (κ3) is 10.5. The minimum atomic E-state index is -5.12. The lowest BCUT2D eigenvalue weighted by Gasteiger charge is -2.19. The molecule has 2 aromatic heterocycles. The van der Waals surface area contributed by atoms with Crippen LogP contribution in [-0.4, -0.2) is 67.4 Å². The summed E-state index contributed by atoms with van der Waals surface area (Å²) < 4.78 is 86.7. The molecule has 0 aliphatic carbocycles. The molecular formula is C37H42F3N7O7SSi. The van der Waals surface area contributed by atoms with E-state index in [1.807, 2.05) is 4.72 Å². The Bertz CT molecular complexity index is 2280. The van der Waals surface area contributed by atoms with Crippen LogP contribution in [-0.2, 0) is 32.8 Å². The zero-order valence-corrected chi connectivity index (χ0v) is 33.1. The van der Waals surface area contributed by atoms with Crippen molar-refractivity contribution in [3.63, 3.8) is 0 Å². The van der Waals surface area contributed by atoms with Gasteiger partial charge in [-0.2, -0.15) is 19.0 Å². The van der Waals surface area contributed by atoms with E-state index in [0.29, 0.717) is 30.1 Å². The average Bonchev–Trinajstić information content (AvgIpc) is 3.74. The monoisotopic (exact) mass is 813 g/mol. The highest BCUT2D eigenvalue weighted by molar-refractivity contribution is 7.93. The summed E-state index contributed by atoms with van der Waals surface area (Å²) in [4.78, 5) is 25.1. The Labute approximate surface area is 322 Å².